The first-order valence-corrected chi connectivity index (χ1v) is 6.48. The van der Waals surface area contributed by atoms with E-state index in [0.717, 1.165) is 5.56 Å². The Morgan fingerprint density at radius 3 is 2.23 bits per heavy atom. The monoisotopic (exact) mass is 298 g/mol. The molecule has 0 saturated heterocycles. The molecule has 2 N–H and O–H groups in total. The van der Waals surface area contributed by atoms with Crippen molar-refractivity contribution in [1.82, 2.24) is 0 Å². The Morgan fingerprint density at radius 2 is 1.68 bits per heavy atom. The number of hydrogen-bond acceptors (Lipinski definition) is 3. The van der Waals surface area contributed by atoms with E-state index in [1.54, 1.807) is 0 Å². The van der Waals surface area contributed by atoms with Crippen molar-refractivity contribution in [3.8, 4) is 5.75 Å². The molecule has 0 radical (unpaired) electrons. The summed E-state index contributed by atoms with van der Waals surface area (Å²) in [6.07, 6.45) is 0.942. The van der Waals surface area contributed by atoms with Crippen LogP contribution in [0.2, 0.25) is 0 Å². The lowest BCUT2D eigenvalue weighted by Gasteiger charge is -2.18. The Labute approximate surface area is 127 Å². The highest BCUT2D eigenvalue weighted by atomic mass is 16.5. The van der Waals surface area contributed by atoms with E-state index >= 15 is 0 Å². The Morgan fingerprint density at radius 1 is 1.00 bits per heavy atom. The van der Waals surface area contributed by atoms with Crippen LogP contribution in [-0.4, -0.2) is 22.2 Å². The van der Waals surface area contributed by atoms with E-state index < -0.39 is 18.0 Å². The fourth-order valence-electron chi connectivity index (χ4n) is 2.06. The molecule has 112 valence electrons. The van der Waals surface area contributed by atoms with Gasteiger partial charge in [0.2, 0.25) is 0 Å². The molecule has 22 heavy (non-hydrogen) atoms. The summed E-state index contributed by atoms with van der Waals surface area (Å²) in [5.41, 5.74) is 0.0909. The molecule has 0 aromatic heterocycles. The second-order valence-corrected chi connectivity index (χ2v) is 4.47. The van der Waals surface area contributed by atoms with E-state index in [1.165, 1.54) is 24.3 Å². The zero-order chi connectivity index (χ0) is 16.1. The van der Waals surface area contributed by atoms with Gasteiger partial charge in [-0.2, -0.15) is 0 Å². The van der Waals surface area contributed by atoms with E-state index in [0.29, 0.717) is 0 Å². The zero-order valence-electron chi connectivity index (χ0n) is 11.6. The first-order valence-electron chi connectivity index (χ1n) is 6.48. The second-order valence-electron chi connectivity index (χ2n) is 4.47. The van der Waals surface area contributed by atoms with E-state index in [9.17, 15) is 14.7 Å². The topological polar surface area (TPSA) is 83.8 Å². The number of carbonyl (C=O) groups is 2. The largest absolute Gasteiger partial charge is 0.481 e. The third-order valence-electron chi connectivity index (χ3n) is 3.07. The molecule has 0 aliphatic carbocycles. The summed E-state index contributed by atoms with van der Waals surface area (Å²) in [6, 6.07) is 13.2. The Kier molecular flexibility index (Phi) is 4.58. The molecule has 1 atom stereocenters. The SMILES string of the molecule is C=CC(Oc1cccc(C(=O)O)c1C(=O)O)c1ccccc1. The predicted octanol–water partition coefficient (Wildman–Crippen LogP) is 3.39. The second kappa shape index (κ2) is 6.58. The van der Waals surface area contributed by atoms with Crippen LogP contribution in [0.15, 0.2) is 61.2 Å². The molecule has 2 rings (SSSR count). The van der Waals surface area contributed by atoms with Gasteiger partial charge in [-0.25, -0.2) is 9.59 Å². The van der Waals surface area contributed by atoms with Crippen molar-refractivity contribution in [1.29, 1.82) is 0 Å². The van der Waals surface area contributed by atoms with Crippen LogP contribution in [0, 0.1) is 0 Å². The smallest absolute Gasteiger partial charge is 0.340 e. The molecule has 0 spiro atoms. The maximum absolute atomic E-state index is 11.4. The Balaban J connectivity index is 2.44. The average molecular weight is 298 g/mol. The molecule has 2 aromatic carbocycles. The van der Waals surface area contributed by atoms with Crippen LogP contribution in [0.5, 0.6) is 5.75 Å². The standard InChI is InChI=1S/C17H14O5/c1-2-13(11-7-4-3-5-8-11)22-14-10-6-9-12(16(18)19)15(14)17(20)21/h2-10,13H,1H2,(H,18,19)(H,20,21). The van der Waals surface area contributed by atoms with Gasteiger partial charge in [0.1, 0.15) is 17.4 Å². The lowest BCUT2D eigenvalue weighted by Crippen LogP contribution is -2.13. The van der Waals surface area contributed by atoms with Gasteiger partial charge < -0.3 is 14.9 Å². The maximum Gasteiger partial charge on any atom is 0.340 e. The minimum atomic E-state index is -1.36. The fraction of sp³-hybridized carbons (Fsp3) is 0.0588. The number of carboxylic acids is 2. The van der Waals surface area contributed by atoms with Crippen molar-refractivity contribution in [2.24, 2.45) is 0 Å². The summed E-state index contributed by atoms with van der Waals surface area (Å²) >= 11 is 0. The minimum Gasteiger partial charge on any atom is -0.481 e. The van der Waals surface area contributed by atoms with Gasteiger partial charge >= 0.3 is 11.9 Å². The minimum absolute atomic E-state index is 0.0128. The molecule has 0 aliphatic heterocycles. The third kappa shape index (κ3) is 3.15. The van der Waals surface area contributed by atoms with E-state index in [1.807, 2.05) is 30.3 Å². The van der Waals surface area contributed by atoms with E-state index in [2.05, 4.69) is 6.58 Å². The first-order chi connectivity index (χ1) is 10.5. The molecule has 0 amide bonds. The zero-order valence-corrected chi connectivity index (χ0v) is 11.6. The van der Waals surface area contributed by atoms with Gasteiger partial charge in [0.05, 0.1) is 5.56 Å². The highest BCUT2D eigenvalue weighted by Crippen LogP contribution is 2.28. The number of rotatable bonds is 6. The highest BCUT2D eigenvalue weighted by Gasteiger charge is 2.22. The molecule has 2 aromatic rings. The molecular weight excluding hydrogens is 284 g/mol. The molecule has 5 heteroatoms. The lowest BCUT2D eigenvalue weighted by atomic mass is 10.1. The number of aromatic carboxylic acids is 2. The van der Waals surface area contributed by atoms with E-state index in [-0.39, 0.29) is 16.9 Å². The van der Waals surface area contributed by atoms with Gasteiger partial charge in [-0.05, 0) is 23.8 Å². The Bertz CT molecular complexity index is 706. The van der Waals surface area contributed by atoms with Gasteiger partial charge in [-0.3, -0.25) is 0 Å². The van der Waals surface area contributed by atoms with Crippen molar-refractivity contribution < 1.29 is 24.5 Å². The fourth-order valence-corrected chi connectivity index (χ4v) is 2.06. The molecule has 0 heterocycles. The molecule has 5 nitrogen and oxygen atoms in total. The van der Waals surface area contributed by atoms with Crippen LogP contribution >= 0.6 is 0 Å². The molecule has 0 bridgehead atoms. The number of benzene rings is 2. The molecular formula is C17H14O5. The summed E-state index contributed by atoms with van der Waals surface area (Å²) < 4.78 is 5.67. The van der Waals surface area contributed by atoms with Gasteiger partial charge in [0, 0.05) is 0 Å². The van der Waals surface area contributed by atoms with Gasteiger partial charge in [-0.1, -0.05) is 43.0 Å². The number of ether oxygens (including phenoxy) is 1. The van der Waals surface area contributed by atoms with Crippen LogP contribution in [0.4, 0.5) is 0 Å². The summed E-state index contributed by atoms with van der Waals surface area (Å²) in [5.74, 6) is -2.69. The van der Waals surface area contributed by atoms with Gasteiger partial charge in [0.15, 0.2) is 0 Å². The number of carboxylic acid groups (broad SMARTS) is 2. The van der Waals surface area contributed by atoms with Crippen molar-refractivity contribution >= 4 is 11.9 Å². The third-order valence-corrected chi connectivity index (χ3v) is 3.07. The molecule has 0 saturated carbocycles. The van der Waals surface area contributed by atoms with Crippen LogP contribution < -0.4 is 4.74 Å². The number of hydrogen-bond donors (Lipinski definition) is 2. The van der Waals surface area contributed by atoms with Gasteiger partial charge in [0.25, 0.3) is 0 Å². The van der Waals surface area contributed by atoms with Crippen LogP contribution in [-0.2, 0) is 0 Å². The highest BCUT2D eigenvalue weighted by molar-refractivity contribution is 6.03. The summed E-state index contributed by atoms with van der Waals surface area (Å²) in [4.78, 5) is 22.5. The maximum atomic E-state index is 11.4. The average Bonchev–Trinajstić information content (AvgIpc) is 2.52. The molecule has 0 aliphatic rings. The van der Waals surface area contributed by atoms with Crippen molar-refractivity contribution in [3.63, 3.8) is 0 Å². The van der Waals surface area contributed by atoms with Crippen molar-refractivity contribution in [2.45, 2.75) is 6.10 Å². The van der Waals surface area contributed by atoms with Crippen LogP contribution in [0.1, 0.15) is 32.4 Å². The quantitative estimate of drug-likeness (QED) is 0.799. The summed E-state index contributed by atoms with van der Waals surface area (Å²) in [5, 5.41) is 18.4. The van der Waals surface area contributed by atoms with Crippen molar-refractivity contribution in [2.75, 3.05) is 0 Å². The summed E-state index contributed by atoms with van der Waals surface area (Å²) in [6.45, 7) is 3.68. The van der Waals surface area contributed by atoms with E-state index in [4.69, 9.17) is 9.84 Å². The van der Waals surface area contributed by atoms with Gasteiger partial charge in [-0.15, -0.1) is 0 Å². The van der Waals surface area contributed by atoms with Crippen molar-refractivity contribution in [3.05, 3.63) is 77.9 Å². The van der Waals surface area contributed by atoms with Crippen LogP contribution in [0.25, 0.3) is 0 Å². The molecule has 0 fully saturated rings. The predicted molar refractivity (Wildman–Crippen MR) is 80.4 cm³/mol. The lowest BCUT2D eigenvalue weighted by molar-refractivity contribution is 0.0646. The first kappa shape index (κ1) is 15.3. The molecule has 1 unspecified atom stereocenters. The van der Waals surface area contributed by atoms with Crippen LogP contribution in [0.3, 0.4) is 0 Å². The normalized spacial score (nSPS) is 11.5. The Hall–Kier alpha value is -3.08. The summed E-state index contributed by atoms with van der Waals surface area (Å²) in [7, 11) is 0.